The average Bonchev–Trinajstić information content (AvgIpc) is 3.23. The Labute approximate surface area is 360 Å². The van der Waals surface area contributed by atoms with Gasteiger partial charge >= 0.3 is 0 Å². The van der Waals surface area contributed by atoms with Crippen LogP contribution in [0.5, 0.6) is 0 Å². The first-order valence-electron chi connectivity index (χ1n) is 25.1. The third kappa shape index (κ3) is 42.2. The lowest BCUT2D eigenvalue weighted by Crippen LogP contribution is -2.48. The van der Waals surface area contributed by atoms with E-state index in [1.807, 2.05) is 6.08 Å². The molecule has 0 aliphatic rings. The number of unbranched alkanes of at least 4 members (excludes halogenated alkanes) is 29. The van der Waals surface area contributed by atoms with Crippen LogP contribution in [0.3, 0.4) is 0 Å². The van der Waals surface area contributed by atoms with Gasteiger partial charge in [0.05, 0.1) is 18.8 Å². The summed E-state index contributed by atoms with van der Waals surface area (Å²) >= 11 is 0. The number of carbonyl (C=O) groups is 1. The van der Waals surface area contributed by atoms with Gasteiger partial charge in [-0.1, -0.05) is 235 Å². The van der Waals surface area contributed by atoms with E-state index in [2.05, 4.69) is 67.8 Å². The van der Waals surface area contributed by atoms with Crippen molar-refractivity contribution >= 4 is 5.91 Å². The zero-order chi connectivity index (χ0) is 42.3. The maximum atomic E-state index is 12.5. The molecule has 0 fully saturated rings. The third-order valence-corrected chi connectivity index (χ3v) is 11.3. The van der Waals surface area contributed by atoms with Crippen LogP contribution in [0.1, 0.15) is 245 Å². The maximum absolute atomic E-state index is 12.5. The molecule has 0 aromatic rings. The highest BCUT2D eigenvalue weighted by Crippen LogP contribution is 2.16. The Bertz CT molecular complexity index is 985. The minimum absolute atomic E-state index is 0.383. The Morgan fingerprint density at radius 3 is 1.24 bits per heavy atom. The highest BCUT2D eigenvalue weighted by molar-refractivity contribution is 5.80. The molecular weight excluding hydrogens is 715 g/mol. The van der Waals surface area contributed by atoms with Crippen molar-refractivity contribution in [2.45, 2.75) is 263 Å². The molecule has 0 bridgehead atoms. The molecule has 0 aromatic heterocycles. The van der Waals surface area contributed by atoms with Gasteiger partial charge in [0, 0.05) is 0 Å². The molecule has 0 spiro atoms. The molecule has 0 aliphatic heterocycles. The molecule has 3 atom stereocenters. The van der Waals surface area contributed by atoms with Gasteiger partial charge < -0.3 is 20.6 Å². The number of amides is 1. The largest absolute Gasteiger partial charge is 0.394 e. The fourth-order valence-electron chi connectivity index (χ4n) is 7.43. The summed E-state index contributed by atoms with van der Waals surface area (Å²) < 4.78 is 0. The van der Waals surface area contributed by atoms with Crippen molar-refractivity contribution in [3.8, 4) is 0 Å². The lowest BCUT2D eigenvalue weighted by Gasteiger charge is -2.21. The normalized spacial score (nSPS) is 13.9. The molecular formula is C53H97NO4. The second-order valence-electron chi connectivity index (χ2n) is 17.0. The molecule has 0 aromatic carbocycles. The Morgan fingerprint density at radius 2 is 0.810 bits per heavy atom. The maximum Gasteiger partial charge on any atom is 0.249 e. The van der Waals surface area contributed by atoms with Crippen LogP contribution in [-0.2, 0) is 4.79 Å². The van der Waals surface area contributed by atoms with E-state index in [9.17, 15) is 20.1 Å². The summed E-state index contributed by atoms with van der Waals surface area (Å²) in [6, 6.07) is -0.823. The van der Waals surface area contributed by atoms with E-state index >= 15 is 0 Å². The van der Waals surface area contributed by atoms with Crippen molar-refractivity contribution in [2.24, 2.45) is 0 Å². The molecule has 0 saturated heterocycles. The number of hydrogen-bond donors (Lipinski definition) is 4. The Kier molecular flexibility index (Phi) is 46.1. The molecule has 0 rings (SSSR count). The van der Waals surface area contributed by atoms with Crippen LogP contribution in [0.15, 0.2) is 60.8 Å². The molecule has 1 amide bonds. The van der Waals surface area contributed by atoms with Gasteiger partial charge in [-0.15, -0.1) is 0 Å². The number of allylic oxidation sites excluding steroid dienone is 9. The van der Waals surface area contributed by atoms with Crippen molar-refractivity contribution in [1.82, 2.24) is 5.32 Å². The standard InChI is InChI=1S/C53H97NO4/c1-3-5-7-9-11-13-15-17-19-21-23-25-26-27-28-30-31-33-35-37-39-41-43-45-47-51(56)50(49-55)54-53(58)52(57)48-46-44-42-40-38-36-34-32-29-24-22-20-18-16-14-12-10-8-6-4-2/h6,8,12,14,30-31,37,39,45,47,50-52,55-57H,3-5,7,9-11,13,15-29,32-36,38,40-44,46,48-49H2,1-2H3,(H,54,58)/b8-6-,14-12-,31-30+,39-37+,47-45+. The monoisotopic (exact) mass is 812 g/mol. The third-order valence-electron chi connectivity index (χ3n) is 11.3. The van der Waals surface area contributed by atoms with E-state index in [0.717, 1.165) is 57.8 Å². The molecule has 5 heteroatoms. The minimum atomic E-state index is -1.11. The zero-order valence-electron chi connectivity index (χ0n) is 38.4. The summed E-state index contributed by atoms with van der Waals surface area (Å²) in [5.41, 5.74) is 0. The lowest BCUT2D eigenvalue weighted by atomic mass is 10.0. The molecule has 0 aliphatic carbocycles. The SMILES string of the molecule is CC/C=C\C/C=C\CCCCCCCCCCCCCCCC(O)C(=O)NC(CO)C(O)/C=C/CC/C=C/CC/C=C/CCCCCCCCCCCCCCCC. The number of aliphatic hydroxyl groups excluding tert-OH is 3. The Morgan fingerprint density at radius 1 is 0.448 bits per heavy atom. The van der Waals surface area contributed by atoms with E-state index < -0.39 is 24.2 Å². The first kappa shape index (κ1) is 56.0. The number of aliphatic hydroxyl groups is 3. The summed E-state index contributed by atoms with van der Waals surface area (Å²) in [5, 5.41) is 33.2. The van der Waals surface area contributed by atoms with Crippen molar-refractivity contribution in [1.29, 1.82) is 0 Å². The molecule has 3 unspecified atom stereocenters. The van der Waals surface area contributed by atoms with Crippen molar-refractivity contribution in [3.05, 3.63) is 60.8 Å². The molecule has 4 N–H and O–H groups in total. The van der Waals surface area contributed by atoms with Crippen LogP contribution in [0.2, 0.25) is 0 Å². The highest BCUT2D eigenvalue weighted by Gasteiger charge is 2.22. The second kappa shape index (κ2) is 47.7. The number of nitrogens with one attached hydrogen (secondary N) is 1. The fraction of sp³-hybridized carbons (Fsp3) is 0.792. The number of carbonyl (C=O) groups excluding carboxylic acids is 1. The topological polar surface area (TPSA) is 89.8 Å². The smallest absolute Gasteiger partial charge is 0.249 e. The van der Waals surface area contributed by atoms with E-state index in [1.165, 1.54) is 167 Å². The summed E-state index contributed by atoms with van der Waals surface area (Å²) in [6.45, 7) is 4.08. The van der Waals surface area contributed by atoms with Crippen LogP contribution < -0.4 is 5.32 Å². The number of rotatable bonds is 45. The van der Waals surface area contributed by atoms with Gasteiger partial charge in [0.1, 0.15) is 6.10 Å². The van der Waals surface area contributed by atoms with Gasteiger partial charge in [0.15, 0.2) is 0 Å². The fourth-order valence-corrected chi connectivity index (χ4v) is 7.43. The van der Waals surface area contributed by atoms with Gasteiger partial charge in [-0.25, -0.2) is 0 Å². The van der Waals surface area contributed by atoms with Gasteiger partial charge in [-0.2, -0.15) is 0 Å². The van der Waals surface area contributed by atoms with Crippen LogP contribution in [0, 0.1) is 0 Å². The van der Waals surface area contributed by atoms with E-state index in [4.69, 9.17) is 0 Å². The quantitative estimate of drug-likeness (QED) is 0.0364. The van der Waals surface area contributed by atoms with Gasteiger partial charge in [0.2, 0.25) is 5.91 Å². The highest BCUT2D eigenvalue weighted by atomic mass is 16.3. The molecule has 58 heavy (non-hydrogen) atoms. The van der Waals surface area contributed by atoms with Crippen molar-refractivity contribution in [2.75, 3.05) is 6.61 Å². The zero-order valence-corrected chi connectivity index (χ0v) is 38.4. The molecule has 5 nitrogen and oxygen atoms in total. The van der Waals surface area contributed by atoms with E-state index in [-0.39, 0.29) is 6.61 Å². The molecule has 0 saturated carbocycles. The van der Waals surface area contributed by atoms with Crippen LogP contribution in [0.25, 0.3) is 0 Å². The van der Waals surface area contributed by atoms with Gasteiger partial charge in [-0.3, -0.25) is 4.79 Å². The van der Waals surface area contributed by atoms with E-state index in [1.54, 1.807) is 6.08 Å². The Balaban J connectivity index is 3.69. The van der Waals surface area contributed by atoms with Crippen LogP contribution in [0.4, 0.5) is 0 Å². The number of hydrogen-bond acceptors (Lipinski definition) is 4. The van der Waals surface area contributed by atoms with E-state index in [0.29, 0.717) is 6.42 Å². The van der Waals surface area contributed by atoms with Crippen molar-refractivity contribution in [3.63, 3.8) is 0 Å². The first-order valence-corrected chi connectivity index (χ1v) is 25.1. The Hall–Kier alpha value is -1.95. The summed E-state index contributed by atoms with van der Waals surface area (Å²) in [6.07, 6.45) is 64.2. The van der Waals surface area contributed by atoms with Crippen LogP contribution >= 0.6 is 0 Å². The minimum Gasteiger partial charge on any atom is -0.394 e. The van der Waals surface area contributed by atoms with Gasteiger partial charge in [0.25, 0.3) is 0 Å². The average molecular weight is 812 g/mol. The van der Waals surface area contributed by atoms with Crippen molar-refractivity contribution < 1.29 is 20.1 Å². The second-order valence-corrected chi connectivity index (χ2v) is 17.0. The summed E-state index contributed by atoms with van der Waals surface area (Å²) in [7, 11) is 0. The molecule has 0 radical (unpaired) electrons. The predicted molar refractivity (Wildman–Crippen MR) is 254 cm³/mol. The lowest BCUT2D eigenvalue weighted by molar-refractivity contribution is -0.131. The van der Waals surface area contributed by atoms with Gasteiger partial charge in [-0.05, 0) is 70.6 Å². The molecule has 0 heterocycles. The first-order chi connectivity index (χ1) is 28.6. The van der Waals surface area contributed by atoms with Crippen LogP contribution in [-0.4, -0.2) is 46.1 Å². The molecule has 338 valence electrons. The summed E-state index contributed by atoms with van der Waals surface area (Å²) in [5.74, 6) is -0.518. The predicted octanol–water partition coefficient (Wildman–Crippen LogP) is 15.0. The summed E-state index contributed by atoms with van der Waals surface area (Å²) in [4.78, 5) is 12.5.